The fraction of sp³-hybridized carbons (Fsp3) is 0.500. The molecule has 1 aromatic carbocycles. The average Bonchev–Trinajstić information content (AvgIpc) is 2.94. The lowest BCUT2D eigenvalue weighted by Gasteiger charge is -2.11. The summed E-state index contributed by atoms with van der Waals surface area (Å²) in [6.07, 6.45) is 7.95. The topological polar surface area (TPSA) is 24.4 Å². The second-order valence-electron chi connectivity index (χ2n) is 5.78. The number of rotatable bonds is 7. The molecule has 1 unspecified atom stereocenters. The smallest absolute Gasteiger partial charge is 0.0664 e. The summed E-state index contributed by atoms with van der Waals surface area (Å²) in [4.78, 5) is 4.59. The van der Waals surface area contributed by atoms with E-state index in [0.717, 1.165) is 24.6 Å². The second-order valence-corrected chi connectivity index (χ2v) is 5.78. The van der Waals surface area contributed by atoms with Crippen molar-refractivity contribution in [3.05, 3.63) is 41.5 Å². The Hall–Kier alpha value is -1.41. The fourth-order valence-electron chi connectivity index (χ4n) is 2.63. The lowest BCUT2D eigenvalue weighted by Crippen LogP contribution is -2.16. The van der Waals surface area contributed by atoms with Crippen molar-refractivity contribution in [1.29, 1.82) is 0 Å². The summed E-state index contributed by atoms with van der Waals surface area (Å²) in [5, 5.41) is 3.24. The van der Waals surface area contributed by atoms with E-state index in [2.05, 4.69) is 60.7 Å². The quantitative estimate of drug-likeness (QED) is 0.797. The molecule has 2 heteroatoms. The SMILES string of the molecule is CCc1ccc(C2=CC(CC[C@@H](C)CNC)C=N2)cc1. The summed E-state index contributed by atoms with van der Waals surface area (Å²) in [5.74, 6) is 1.24. The highest BCUT2D eigenvalue weighted by Crippen LogP contribution is 2.26. The first kappa shape index (κ1) is 15.0. The Bertz CT molecular complexity index is 471. The van der Waals surface area contributed by atoms with Gasteiger partial charge in [-0.3, -0.25) is 4.99 Å². The molecule has 0 fully saturated rings. The van der Waals surface area contributed by atoms with Gasteiger partial charge in [0.05, 0.1) is 5.70 Å². The van der Waals surface area contributed by atoms with E-state index in [1.165, 1.54) is 24.0 Å². The first-order valence-electron chi connectivity index (χ1n) is 7.72. The van der Waals surface area contributed by atoms with Crippen LogP contribution in [0.4, 0.5) is 0 Å². The Balaban J connectivity index is 1.91. The number of hydrogen-bond acceptors (Lipinski definition) is 2. The molecule has 0 saturated heterocycles. The molecule has 1 aliphatic heterocycles. The number of benzene rings is 1. The van der Waals surface area contributed by atoms with Gasteiger partial charge in [-0.1, -0.05) is 38.1 Å². The van der Waals surface area contributed by atoms with Gasteiger partial charge in [0.15, 0.2) is 0 Å². The molecule has 1 N–H and O–H groups in total. The van der Waals surface area contributed by atoms with Crippen molar-refractivity contribution in [1.82, 2.24) is 5.32 Å². The van der Waals surface area contributed by atoms with Gasteiger partial charge in [-0.2, -0.15) is 0 Å². The molecule has 0 saturated carbocycles. The maximum atomic E-state index is 4.59. The Kier molecular flexibility index (Phi) is 5.54. The number of nitrogens with one attached hydrogen (secondary N) is 1. The molecule has 0 spiro atoms. The van der Waals surface area contributed by atoms with Crippen LogP contribution in [-0.4, -0.2) is 19.8 Å². The number of aryl methyl sites for hydroxylation is 1. The highest BCUT2D eigenvalue weighted by atomic mass is 14.8. The zero-order chi connectivity index (χ0) is 14.4. The summed E-state index contributed by atoms with van der Waals surface area (Å²) in [6, 6.07) is 8.78. The molecule has 1 aliphatic rings. The van der Waals surface area contributed by atoms with E-state index >= 15 is 0 Å². The van der Waals surface area contributed by atoms with Crippen LogP contribution in [0.5, 0.6) is 0 Å². The van der Waals surface area contributed by atoms with Crippen molar-refractivity contribution >= 4 is 11.9 Å². The highest BCUT2D eigenvalue weighted by molar-refractivity contribution is 5.83. The molecule has 0 radical (unpaired) electrons. The molecule has 2 rings (SSSR count). The van der Waals surface area contributed by atoms with Crippen LogP contribution in [0.25, 0.3) is 5.70 Å². The van der Waals surface area contributed by atoms with Gasteiger partial charge in [-0.15, -0.1) is 0 Å². The van der Waals surface area contributed by atoms with E-state index in [0.29, 0.717) is 5.92 Å². The molecule has 0 aliphatic carbocycles. The molecule has 2 nitrogen and oxygen atoms in total. The normalized spacial score (nSPS) is 19.1. The van der Waals surface area contributed by atoms with Gasteiger partial charge in [-0.05, 0) is 56.0 Å². The zero-order valence-corrected chi connectivity index (χ0v) is 12.9. The molecule has 1 aromatic rings. The van der Waals surface area contributed by atoms with E-state index in [1.807, 2.05) is 7.05 Å². The van der Waals surface area contributed by atoms with Crippen molar-refractivity contribution in [3.8, 4) is 0 Å². The number of aliphatic imine (C=N–C) groups is 1. The van der Waals surface area contributed by atoms with Crippen LogP contribution in [0, 0.1) is 11.8 Å². The standard InChI is InChI=1S/C18H26N2/c1-4-15-7-9-17(10-8-15)18-11-16(13-20-18)6-5-14(2)12-19-3/h7-11,13-14,16,19H,4-6,12H2,1-3H3/t14-,16?/m1/s1. The van der Waals surface area contributed by atoms with Crippen molar-refractivity contribution < 1.29 is 0 Å². The molecule has 108 valence electrons. The fourth-order valence-corrected chi connectivity index (χ4v) is 2.63. The summed E-state index contributed by atoms with van der Waals surface area (Å²) in [5.41, 5.74) is 3.76. The Morgan fingerprint density at radius 3 is 2.65 bits per heavy atom. The monoisotopic (exact) mass is 270 g/mol. The lowest BCUT2D eigenvalue weighted by atomic mass is 9.97. The predicted octanol–water partition coefficient (Wildman–Crippen LogP) is 3.93. The van der Waals surface area contributed by atoms with Crippen LogP contribution in [0.3, 0.4) is 0 Å². The Labute approximate surface area is 123 Å². The van der Waals surface area contributed by atoms with E-state index in [-0.39, 0.29) is 0 Å². The zero-order valence-electron chi connectivity index (χ0n) is 12.9. The summed E-state index contributed by atoms with van der Waals surface area (Å²) in [7, 11) is 2.02. The minimum Gasteiger partial charge on any atom is -0.319 e. The van der Waals surface area contributed by atoms with Crippen LogP contribution in [-0.2, 0) is 6.42 Å². The molecule has 0 amide bonds. The third-order valence-electron chi connectivity index (χ3n) is 3.98. The average molecular weight is 270 g/mol. The first-order chi connectivity index (χ1) is 9.72. The van der Waals surface area contributed by atoms with Crippen LogP contribution >= 0.6 is 0 Å². The van der Waals surface area contributed by atoms with E-state index in [4.69, 9.17) is 0 Å². The number of allylic oxidation sites excluding steroid dienone is 1. The lowest BCUT2D eigenvalue weighted by molar-refractivity contribution is 0.476. The van der Waals surface area contributed by atoms with Gasteiger partial charge < -0.3 is 5.32 Å². The number of nitrogens with zero attached hydrogens (tertiary/aromatic N) is 1. The maximum absolute atomic E-state index is 4.59. The summed E-state index contributed by atoms with van der Waals surface area (Å²) < 4.78 is 0. The van der Waals surface area contributed by atoms with Crippen molar-refractivity contribution in [2.45, 2.75) is 33.1 Å². The molecule has 1 heterocycles. The second kappa shape index (κ2) is 7.39. The molecule has 2 atom stereocenters. The van der Waals surface area contributed by atoms with E-state index in [1.54, 1.807) is 0 Å². The highest BCUT2D eigenvalue weighted by Gasteiger charge is 2.13. The van der Waals surface area contributed by atoms with Crippen LogP contribution in [0.2, 0.25) is 0 Å². The summed E-state index contributed by atoms with van der Waals surface area (Å²) >= 11 is 0. The third-order valence-corrected chi connectivity index (χ3v) is 3.98. The molecular weight excluding hydrogens is 244 g/mol. The van der Waals surface area contributed by atoms with Crippen LogP contribution in [0.1, 0.15) is 37.8 Å². The summed E-state index contributed by atoms with van der Waals surface area (Å²) in [6.45, 7) is 5.58. The third kappa shape index (κ3) is 4.04. The van der Waals surface area contributed by atoms with Crippen molar-refractivity contribution in [2.24, 2.45) is 16.8 Å². The minimum atomic E-state index is 0.509. The van der Waals surface area contributed by atoms with Gasteiger partial charge in [0.2, 0.25) is 0 Å². The first-order valence-corrected chi connectivity index (χ1v) is 7.72. The molecule has 0 bridgehead atoms. The van der Waals surface area contributed by atoms with Crippen molar-refractivity contribution in [3.63, 3.8) is 0 Å². The largest absolute Gasteiger partial charge is 0.319 e. The van der Waals surface area contributed by atoms with E-state index in [9.17, 15) is 0 Å². The molecular formula is C18H26N2. The van der Waals surface area contributed by atoms with Crippen LogP contribution < -0.4 is 5.32 Å². The van der Waals surface area contributed by atoms with E-state index < -0.39 is 0 Å². The minimum absolute atomic E-state index is 0.509. The number of hydrogen-bond donors (Lipinski definition) is 1. The van der Waals surface area contributed by atoms with Gasteiger partial charge in [0, 0.05) is 12.1 Å². The van der Waals surface area contributed by atoms with Crippen LogP contribution in [0.15, 0.2) is 35.3 Å². The van der Waals surface area contributed by atoms with Crippen molar-refractivity contribution in [2.75, 3.05) is 13.6 Å². The molecule has 0 aromatic heterocycles. The Morgan fingerprint density at radius 1 is 1.25 bits per heavy atom. The Morgan fingerprint density at radius 2 is 2.00 bits per heavy atom. The maximum Gasteiger partial charge on any atom is 0.0664 e. The van der Waals surface area contributed by atoms with Gasteiger partial charge in [0.25, 0.3) is 0 Å². The van der Waals surface area contributed by atoms with Gasteiger partial charge in [0.1, 0.15) is 0 Å². The van der Waals surface area contributed by atoms with Gasteiger partial charge >= 0.3 is 0 Å². The predicted molar refractivity (Wildman–Crippen MR) is 88.1 cm³/mol. The molecule has 20 heavy (non-hydrogen) atoms. The van der Waals surface area contributed by atoms with Gasteiger partial charge in [-0.25, -0.2) is 0 Å².